The maximum absolute atomic E-state index is 12.3. The third kappa shape index (κ3) is 18.3. The van der Waals surface area contributed by atoms with Crippen molar-refractivity contribution in [1.82, 2.24) is 15.5 Å². The van der Waals surface area contributed by atoms with Crippen molar-refractivity contribution in [3.8, 4) is 0 Å². The van der Waals surface area contributed by atoms with E-state index in [9.17, 15) is 38.2 Å². The highest BCUT2D eigenvalue weighted by molar-refractivity contribution is 8.01. The summed E-state index contributed by atoms with van der Waals surface area (Å²) in [5, 5.41) is 4.88. The fourth-order valence-corrected chi connectivity index (χ4v) is 5.34. The second-order valence-corrected chi connectivity index (χ2v) is 12.7. The summed E-state index contributed by atoms with van der Waals surface area (Å²) < 4.78 is 41.4. The van der Waals surface area contributed by atoms with E-state index < -0.39 is 43.6 Å². The third-order valence-electron chi connectivity index (χ3n) is 5.28. The molecule has 3 N–H and O–H groups in total. The molecule has 0 aromatic rings. The predicted octanol–water partition coefficient (Wildman–Crippen LogP) is -0.460. The number of hydrogen-bond donors (Lipinski definition) is 3. The largest absolute Gasteiger partial charge is 0.472 e. The fraction of sp³-hybridized carbons (Fsp3) is 0.760. The Balaban J connectivity index is 2.07. The van der Waals surface area contributed by atoms with Gasteiger partial charge in [0.2, 0.25) is 23.6 Å². The number of thioether (sulfide) groups is 1. The van der Waals surface area contributed by atoms with Crippen LogP contribution in [0.15, 0.2) is 0 Å². The fourth-order valence-electron chi connectivity index (χ4n) is 3.45. The number of ether oxygens (including phenoxy) is 4. The molecule has 0 aliphatic carbocycles. The summed E-state index contributed by atoms with van der Waals surface area (Å²) in [6, 6.07) is 0. The van der Waals surface area contributed by atoms with Gasteiger partial charge < -0.3 is 34.5 Å². The Morgan fingerprint density at radius 3 is 2.27 bits per heavy atom. The summed E-state index contributed by atoms with van der Waals surface area (Å²) in [5.41, 5.74) is 0. The van der Waals surface area contributed by atoms with Gasteiger partial charge in [-0.1, -0.05) is 13.8 Å². The quantitative estimate of drug-likeness (QED) is 0.0541. The van der Waals surface area contributed by atoms with Crippen LogP contribution in [0, 0.1) is 0 Å². The van der Waals surface area contributed by atoms with Gasteiger partial charge in [-0.15, -0.1) is 11.8 Å². The van der Waals surface area contributed by atoms with Crippen molar-refractivity contribution in [2.45, 2.75) is 57.1 Å². The first-order chi connectivity index (χ1) is 20.7. The van der Waals surface area contributed by atoms with Crippen molar-refractivity contribution in [2.75, 3.05) is 65.9 Å². The van der Waals surface area contributed by atoms with E-state index in [1.165, 1.54) is 11.8 Å². The van der Waals surface area contributed by atoms with E-state index in [0.717, 1.165) is 18.7 Å². The van der Waals surface area contributed by atoms with Crippen LogP contribution < -0.4 is 10.6 Å². The summed E-state index contributed by atoms with van der Waals surface area (Å²) in [7, 11) is -4.55. The van der Waals surface area contributed by atoms with Crippen LogP contribution in [0.4, 0.5) is 0 Å². The van der Waals surface area contributed by atoms with E-state index in [4.69, 9.17) is 28.0 Å². The molecule has 4 amide bonds. The number of carbonyl (C=O) groups excluding carboxylic acids is 6. The smallest absolute Gasteiger partial charge is 0.462 e. The molecule has 1 aliphatic rings. The van der Waals surface area contributed by atoms with Crippen molar-refractivity contribution in [2.24, 2.45) is 0 Å². The molecule has 2 unspecified atom stereocenters. The molecule has 252 valence electrons. The Bertz CT molecular complexity index is 1030. The van der Waals surface area contributed by atoms with Crippen molar-refractivity contribution < 1.29 is 66.2 Å². The summed E-state index contributed by atoms with van der Waals surface area (Å²) in [6.45, 7) is 5.04. The highest BCUT2D eigenvalue weighted by Gasteiger charge is 2.39. The minimum Gasteiger partial charge on any atom is -0.462 e. The van der Waals surface area contributed by atoms with E-state index in [2.05, 4.69) is 10.6 Å². The van der Waals surface area contributed by atoms with Gasteiger partial charge in [0.05, 0.1) is 38.3 Å². The molecule has 44 heavy (non-hydrogen) atoms. The molecule has 0 spiro atoms. The second kappa shape index (κ2) is 21.2. The van der Waals surface area contributed by atoms with Crippen LogP contribution in [0.1, 0.15) is 40.5 Å². The lowest BCUT2D eigenvalue weighted by Gasteiger charge is -2.18. The highest BCUT2D eigenvalue weighted by atomic mass is 32.2. The molecule has 1 saturated heterocycles. The molecule has 19 heteroatoms. The van der Waals surface area contributed by atoms with Crippen molar-refractivity contribution in [3.05, 3.63) is 0 Å². The molecule has 0 saturated carbocycles. The van der Waals surface area contributed by atoms with Crippen LogP contribution in [0.5, 0.6) is 0 Å². The van der Waals surface area contributed by atoms with E-state index in [1.54, 1.807) is 0 Å². The van der Waals surface area contributed by atoms with Gasteiger partial charge in [0.15, 0.2) is 6.10 Å². The van der Waals surface area contributed by atoms with E-state index in [1.807, 2.05) is 13.8 Å². The van der Waals surface area contributed by atoms with E-state index >= 15 is 0 Å². The summed E-state index contributed by atoms with van der Waals surface area (Å²) in [4.78, 5) is 81.1. The van der Waals surface area contributed by atoms with Crippen LogP contribution in [0.25, 0.3) is 0 Å². The predicted molar refractivity (Wildman–Crippen MR) is 154 cm³/mol. The van der Waals surface area contributed by atoms with Gasteiger partial charge in [-0.2, -0.15) is 0 Å². The average molecular weight is 672 g/mol. The zero-order valence-electron chi connectivity index (χ0n) is 25.3. The molecule has 1 fully saturated rings. The number of hydrogen-bond acceptors (Lipinski definition) is 14. The Labute approximate surface area is 259 Å². The second-order valence-electron chi connectivity index (χ2n) is 9.51. The Morgan fingerprint density at radius 2 is 1.61 bits per heavy atom. The number of carbonyl (C=O) groups is 6. The molecule has 0 aromatic carbocycles. The first-order valence-corrected chi connectivity index (χ1v) is 16.2. The summed E-state index contributed by atoms with van der Waals surface area (Å²) in [6.07, 6.45) is -0.966. The van der Waals surface area contributed by atoms with Crippen LogP contribution >= 0.6 is 19.6 Å². The van der Waals surface area contributed by atoms with Crippen LogP contribution in [-0.4, -0.2) is 128 Å². The van der Waals surface area contributed by atoms with Gasteiger partial charge in [0, 0.05) is 46.3 Å². The maximum atomic E-state index is 12.3. The van der Waals surface area contributed by atoms with Crippen LogP contribution in [-0.2, 0) is 61.3 Å². The highest BCUT2D eigenvalue weighted by Crippen LogP contribution is 2.43. The van der Waals surface area contributed by atoms with Gasteiger partial charge in [-0.05, 0) is 5.25 Å². The maximum Gasteiger partial charge on any atom is 0.472 e. The Kier molecular flexibility index (Phi) is 19.0. The average Bonchev–Trinajstić information content (AvgIpc) is 3.19. The van der Waals surface area contributed by atoms with E-state index in [-0.39, 0.29) is 95.1 Å². The number of phosphoric acid groups is 1. The molecule has 1 aliphatic heterocycles. The number of esters is 2. The van der Waals surface area contributed by atoms with Crippen LogP contribution in [0.3, 0.4) is 0 Å². The minimum atomic E-state index is -4.55. The van der Waals surface area contributed by atoms with Gasteiger partial charge >= 0.3 is 19.8 Å². The first-order valence-electron chi connectivity index (χ1n) is 13.8. The van der Waals surface area contributed by atoms with E-state index in [0.29, 0.717) is 0 Å². The molecular formula is C25H42N3O14PS. The summed E-state index contributed by atoms with van der Waals surface area (Å²) in [5.74, 6) is -2.71. The zero-order chi connectivity index (χ0) is 33.1. The molecule has 1 rings (SSSR count). The van der Waals surface area contributed by atoms with Gasteiger partial charge in [-0.25, -0.2) is 4.57 Å². The summed E-state index contributed by atoms with van der Waals surface area (Å²) >= 11 is 1.44. The number of imide groups is 1. The van der Waals surface area contributed by atoms with Crippen molar-refractivity contribution >= 4 is 55.2 Å². The lowest BCUT2D eigenvalue weighted by molar-refractivity contribution is -0.158. The minimum absolute atomic E-state index is 0.00309. The molecule has 0 radical (unpaired) electrons. The molecule has 3 atom stereocenters. The molecule has 0 aromatic heterocycles. The normalized spacial score (nSPS) is 16.9. The Hall–Kier alpha value is -2.60. The number of rotatable bonds is 23. The molecule has 17 nitrogen and oxygen atoms in total. The molecule has 0 bridgehead atoms. The number of phosphoric ester groups is 1. The molecule has 1 heterocycles. The standard InChI is InChI=1S/C25H42N3O14PS/c1-17(2)44-21-13-24(33)28(25(21)34)8-5-22(31)26-6-9-37-11-12-38-16-23(32)27-7-10-40-43(35,36)41-15-20(42-19(4)30)14-39-18(3)29/h17,20-21H,5-16H2,1-4H3,(H,26,31)(H,27,32)(H,35,36)/t20-,21?/m1/s1. The van der Waals surface area contributed by atoms with Crippen molar-refractivity contribution in [3.63, 3.8) is 0 Å². The van der Waals surface area contributed by atoms with Crippen molar-refractivity contribution in [1.29, 1.82) is 0 Å². The number of nitrogens with zero attached hydrogens (tertiary/aromatic N) is 1. The van der Waals surface area contributed by atoms with Gasteiger partial charge in [0.1, 0.15) is 13.2 Å². The van der Waals surface area contributed by atoms with Gasteiger partial charge in [0.25, 0.3) is 0 Å². The van der Waals surface area contributed by atoms with Gasteiger partial charge in [-0.3, -0.25) is 42.7 Å². The number of amides is 4. The molecular weight excluding hydrogens is 629 g/mol. The lowest BCUT2D eigenvalue weighted by Crippen LogP contribution is -2.36. The zero-order valence-corrected chi connectivity index (χ0v) is 27.0. The first kappa shape index (κ1) is 39.4. The van der Waals surface area contributed by atoms with Crippen LogP contribution in [0.2, 0.25) is 0 Å². The lowest BCUT2D eigenvalue weighted by atomic mass is 10.3. The Morgan fingerprint density at radius 1 is 0.955 bits per heavy atom. The SMILES string of the molecule is CC(=O)OC[C@H](COP(=O)(O)OCCNC(=O)COCCOCCNC(=O)CCN1C(=O)CC(SC(C)C)C1=O)OC(C)=O. The number of likely N-dealkylation sites (tertiary alicyclic amines) is 1. The third-order valence-corrected chi connectivity index (χ3v) is 7.51. The number of nitrogens with one attached hydrogen (secondary N) is 2. The monoisotopic (exact) mass is 671 g/mol. The topological polar surface area (TPSA) is 222 Å².